The van der Waals surface area contributed by atoms with Gasteiger partial charge in [0.15, 0.2) is 5.54 Å². The molecular weight excluding hydrogens is 348 g/mol. The summed E-state index contributed by atoms with van der Waals surface area (Å²) in [6, 6.07) is 10.0. The number of hydrogen-bond acceptors (Lipinski definition) is 6. The van der Waals surface area contributed by atoms with Crippen molar-refractivity contribution in [3.63, 3.8) is 0 Å². The monoisotopic (exact) mass is 378 g/mol. The van der Waals surface area contributed by atoms with Crippen LogP contribution in [0.2, 0.25) is 0 Å². The van der Waals surface area contributed by atoms with Gasteiger partial charge in [0.05, 0.1) is 6.61 Å². The molecule has 1 aromatic rings. The van der Waals surface area contributed by atoms with Gasteiger partial charge in [0, 0.05) is 26.7 Å². The van der Waals surface area contributed by atoms with Crippen LogP contribution in [0.3, 0.4) is 0 Å². The number of likely N-dealkylation sites (tertiary alicyclic amines) is 1. The number of carbonyl (C=O) groups excluding carboxylic acids is 2. The van der Waals surface area contributed by atoms with Crippen LogP contribution in [0, 0.1) is 0 Å². The molecule has 0 aliphatic carbocycles. The zero-order valence-corrected chi connectivity index (χ0v) is 16.6. The highest BCUT2D eigenvalue weighted by atomic mass is 16.6. The van der Waals surface area contributed by atoms with Crippen LogP contribution in [-0.2, 0) is 25.5 Å². The van der Waals surface area contributed by atoms with E-state index in [1.54, 1.807) is 27.9 Å². The van der Waals surface area contributed by atoms with Gasteiger partial charge in [0.1, 0.15) is 12.2 Å². The second-order valence-corrected chi connectivity index (χ2v) is 7.78. The molecule has 1 saturated heterocycles. The molecule has 1 aromatic carbocycles. The maximum absolute atomic E-state index is 12.8. The number of carbonyl (C=O) groups is 2. The lowest BCUT2D eigenvalue weighted by atomic mass is 9.99. The van der Waals surface area contributed by atoms with Gasteiger partial charge in [-0.15, -0.1) is 0 Å². The summed E-state index contributed by atoms with van der Waals surface area (Å²) in [6.07, 6.45) is -0.155. The summed E-state index contributed by atoms with van der Waals surface area (Å²) in [7, 11) is 1.54. The second kappa shape index (κ2) is 9.19. The standard InChI is InChI=1S/C20H30N2O5/c1-19(2,3)27-18(24)21-20(17(23)26-13-12-25-4)10-11-22(15-20)14-16-8-6-5-7-9-16/h5-9H,10-15H2,1-4H3,(H,21,24). The minimum absolute atomic E-state index is 0.145. The Balaban J connectivity index is 2.08. The number of nitrogens with zero attached hydrogens (tertiary/aromatic N) is 1. The Hall–Kier alpha value is -2.12. The highest BCUT2D eigenvalue weighted by Crippen LogP contribution is 2.25. The summed E-state index contributed by atoms with van der Waals surface area (Å²) in [6.45, 7) is 7.54. The Morgan fingerprint density at radius 1 is 1.19 bits per heavy atom. The molecule has 0 spiro atoms. The zero-order chi connectivity index (χ0) is 19.9. The van der Waals surface area contributed by atoms with E-state index >= 15 is 0 Å². The summed E-state index contributed by atoms with van der Waals surface area (Å²) in [5.74, 6) is -0.457. The van der Waals surface area contributed by atoms with E-state index in [-0.39, 0.29) is 6.61 Å². The first-order valence-corrected chi connectivity index (χ1v) is 9.18. The van der Waals surface area contributed by atoms with Crippen molar-refractivity contribution in [2.45, 2.75) is 44.9 Å². The third-order valence-corrected chi connectivity index (χ3v) is 4.25. The van der Waals surface area contributed by atoms with E-state index < -0.39 is 23.2 Å². The van der Waals surface area contributed by atoms with Crippen LogP contribution in [0.25, 0.3) is 0 Å². The molecule has 1 aliphatic heterocycles. The Kier molecular flexibility index (Phi) is 7.21. The van der Waals surface area contributed by atoms with E-state index in [0.29, 0.717) is 32.7 Å². The maximum atomic E-state index is 12.8. The number of esters is 1. The lowest BCUT2D eigenvalue weighted by Gasteiger charge is -2.30. The van der Waals surface area contributed by atoms with Crippen molar-refractivity contribution in [3.05, 3.63) is 35.9 Å². The maximum Gasteiger partial charge on any atom is 0.408 e. The highest BCUT2D eigenvalue weighted by Gasteiger charge is 2.48. The number of amides is 1. The van der Waals surface area contributed by atoms with Crippen LogP contribution < -0.4 is 5.32 Å². The third kappa shape index (κ3) is 6.52. The van der Waals surface area contributed by atoms with Gasteiger partial charge < -0.3 is 19.5 Å². The molecule has 1 N–H and O–H groups in total. The van der Waals surface area contributed by atoms with Crippen molar-refractivity contribution < 1.29 is 23.8 Å². The predicted molar refractivity (Wildman–Crippen MR) is 101 cm³/mol. The minimum Gasteiger partial charge on any atom is -0.461 e. The number of ether oxygens (including phenoxy) is 3. The van der Waals surface area contributed by atoms with Gasteiger partial charge in [-0.05, 0) is 32.8 Å². The van der Waals surface area contributed by atoms with E-state index in [1.165, 1.54) is 0 Å². The van der Waals surface area contributed by atoms with Gasteiger partial charge in [-0.2, -0.15) is 0 Å². The minimum atomic E-state index is -1.12. The number of hydrogen-bond donors (Lipinski definition) is 1. The molecule has 1 amide bonds. The first kappa shape index (κ1) is 21.2. The molecular formula is C20H30N2O5. The van der Waals surface area contributed by atoms with Crippen molar-refractivity contribution in [1.82, 2.24) is 10.2 Å². The average molecular weight is 378 g/mol. The Labute approximate surface area is 161 Å². The Morgan fingerprint density at radius 2 is 1.89 bits per heavy atom. The van der Waals surface area contributed by atoms with Crippen molar-refractivity contribution in [2.24, 2.45) is 0 Å². The quantitative estimate of drug-likeness (QED) is 0.580. The normalized spacial score (nSPS) is 20.3. The number of rotatable bonds is 7. The summed E-state index contributed by atoms with van der Waals surface area (Å²) >= 11 is 0. The molecule has 2 rings (SSSR count). The molecule has 150 valence electrons. The lowest BCUT2D eigenvalue weighted by molar-refractivity contribution is -0.152. The molecule has 1 unspecified atom stereocenters. The van der Waals surface area contributed by atoms with E-state index in [1.807, 2.05) is 30.3 Å². The first-order chi connectivity index (χ1) is 12.7. The van der Waals surface area contributed by atoms with Crippen LogP contribution in [-0.4, -0.2) is 61.5 Å². The molecule has 1 atom stereocenters. The molecule has 0 bridgehead atoms. The van der Waals surface area contributed by atoms with Gasteiger partial charge >= 0.3 is 12.1 Å². The SMILES string of the molecule is COCCOC(=O)C1(NC(=O)OC(C)(C)C)CCN(Cc2ccccc2)C1. The molecule has 27 heavy (non-hydrogen) atoms. The molecule has 0 saturated carbocycles. The largest absolute Gasteiger partial charge is 0.461 e. The van der Waals surface area contributed by atoms with Crippen LogP contribution in [0.5, 0.6) is 0 Å². The van der Waals surface area contributed by atoms with Crippen LogP contribution >= 0.6 is 0 Å². The van der Waals surface area contributed by atoms with Crippen molar-refractivity contribution in [3.8, 4) is 0 Å². The molecule has 1 fully saturated rings. The fourth-order valence-electron chi connectivity index (χ4n) is 3.04. The van der Waals surface area contributed by atoms with E-state index in [9.17, 15) is 9.59 Å². The summed E-state index contributed by atoms with van der Waals surface area (Å²) in [5.41, 5.74) is -0.614. The number of nitrogens with one attached hydrogen (secondary N) is 1. The van der Waals surface area contributed by atoms with E-state index in [4.69, 9.17) is 14.2 Å². The predicted octanol–water partition coefficient (Wildman–Crippen LogP) is 2.35. The first-order valence-electron chi connectivity index (χ1n) is 9.18. The smallest absolute Gasteiger partial charge is 0.408 e. The van der Waals surface area contributed by atoms with Gasteiger partial charge in [-0.3, -0.25) is 4.90 Å². The molecule has 0 radical (unpaired) electrons. The molecule has 1 heterocycles. The van der Waals surface area contributed by atoms with Gasteiger partial charge in [-0.25, -0.2) is 9.59 Å². The highest BCUT2D eigenvalue weighted by molar-refractivity contribution is 5.86. The summed E-state index contributed by atoms with van der Waals surface area (Å²) in [5, 5.41) is 2.77. The summed E-state index contributed by atoms with van der Waals surface area (Å²) < 4.78 is 15.6. The summed E-state index contributed by atoms with van der Waals surface area (Å²) in [4.78, 5) is 27.2. The van der Waals surface area contributed by atoms with Gasteiger partial charge in [-0.1, -0.05) is 30.3 Å². The second-order valence-electron chi connectivity index (χ2n) is 7.78. The van der Waals surface area contributed by atoms with Crippen molar-refractivity contribution >= 4 is 12.1 Å². The van der Waals surface area contributed by atoms with E-state index in [2.05, 4.69) is 10.2 Å². The molecule has 7 nitrogen and oxygen atoms in total. The molecule has 1 aliphatic rings. The number of benzene rings is 1. The van der Waals surface area contributed by atoms with Crippen molar-refractivity contribution in [2.75, 3.05) is 33.4 Å². The molecule has 7 heteroatoms. The fraction of sp³-hybridized carbons (Fsp3) is 0.600. The van der Waals surface area contributed by atoms with Crippen LogP contribution in [0.15, 0.2) is 30.3 Å². The topological polar surface area (TPSA) is 77.1 Å². The zero-order valence-electron chi connectivity index (χ0n) is 16.6. The van der Waals surface area contributed by atoms with E-state index in [0.717, 1.165) is 5.56 Å². The Morgan fingerprint density at radius 3 is 2.52 bits per heavy atom. The number of methoxy groups -OCH3 is 1. The van der Waals surface area contributed by atoms with Crippen LogP contribution in [0.1, 0.15) is 32.8 Å². The Bertz CT molecular complexity index is 629. The van der Waals surface area contributed by atoms with Crippen molar-refractivity contribution in [1.29, 1.82) is 0 Å². The lowest BCUT2D eigenvalue weighted by Crippen LogP contribution is -2.58. The average Bonchev–Trinajstić information content (AvgIpc) is 2.98. The third-order valence-electron chi connectivity index (χ3n) is 4.25. The number of alkyl carbamates (subject to hydrolysis) is 1. The van der Waals surface area contributed by atoms with Gasteiger partial charge in [0.25, 0.3) is 0 Å². The molecule has 0 aromatic heterocycles. The van der Waals surface area contributed by atoms with Crippen LogP contribution in [0.4, 0.5) is 4.79 Å². The van der Waals surface area contributed by atoms with Gasteiger partial charge in [0.2, 0.25) is 0 Å². The fourth-order valence-corrected chi connectivity index (χ4v) is 3.04.